The van der Waals surface area contributed by atoms with Gasteiger partial charge < -0.3 is 4.42 Å². The Morgan fingerprint density at radius 2 is 1.79 bits per heavy atom. The Morgan fingerprint density at radius 1 is 1.00 bits per heavy atom. The van der Waals surface area contributed by atoms with Gasteiger partial charge in [0.05, 0.1) is 4.92 Å². The van der Waals surface area contributed by atoms with E-state index in [4.69, 9.17) is 4.42 Å². The lowest BCUT2D eigenvalue weighted by atomic mass is 10.1. The number of hydrogen-bond acceptors (Lipinski definition) is 7. The Bertz CT molecular complexity index is 1370. The summed E-state index contributed by atoms with van der Waals surface area (Å²) in [7, 11) is 0. The molecule has 9 heteroatoms. The molecule has 142 valence electrons. The number of hydrogen-bond donors (Lipinski definition) is 0. The van der Waals surface area contributed by atoms with Crippen LogP contribution in [0.4, 0.5) is 5.69 Å². The van der Waals surface area contributed by atoms with Crippen molar-refractivity contribution >= 4 is 22.0 Å². The van der Waals surface area contributed by atoms with Crippen molar-refractivity contribution in [2.75, 3.05) is 0 Å². The largest absolute Gasteiger partial charge is 0.453 e. The molecule has 2 aromatic carbocycles. The molecule has 0 unspecified atom stereocenters. The standard InChI is InChI=1S/C20H13N5O3S/c1-12-4-2-6-14(10-12)19-23-24-18(21-22-20(24)29-19)17-9-8-16(28-17)13-5-3-7-15(11-13)25(26)27/h2-11H,1H3. The molecular weight excluding hydrogens is 390 g/mol. The molecule has 8 nitrogen and oxygen atoms in total. The minimum Gasteiger partial charge on any atom is -0.453 e. The molecule has 5 aromatic rings. The van der Waals surface area contributed by atoms with E-state index >= 15 is 0 Å². The van der Waals surface area contributed by atoms with Gasteiger partial charge in [-0.25, -0.2) is 0 Å². The first kappa shape index (κ1) is 17.3. The second kappa shape index (κ2) is 6.64. The molecule has 29 heavy (non-hydrogen) atoms. The molecule has 0 saturated carbocycles. The fourth-order valence-electron chi connectivity index (χ4n) is 3.05. The second-order valence-electron chi connectivity index (χ2n) is 6.47. The monoisotopic (exact) mass is 403 g/mol. The smallest absolute Gasteiger partial charge is 0.270 e. The summed E-state index contributed by atoms with van der Waals surface area (Å²) in [6.07, 6.45) is 0. The number of benzene rings is 2. The van der Waals surface area contributed by atoms with Crippen LogP contribution in [0.2, 0.25) is 0 Å². The highest BCUT2D eigenvalue weighted by Crippen LogP contribution is 2.32. The van der Waals surface area contributed by atoms with Crippen LogP contribution in [0.15, 0.2) is 65.1 Å². The zero-order valence-corrected chi connectivity index (χ0v) is 16.0. The molecule has 5 rings (SSSR count). The Labute approximate surface area is 168 Å². The predicted molar refractivity (Wildman–Crippen MR) is 109 cm³/mol. The van der Waals surface area contributed by atoms with Gasteiger partial charge in [-0.15, -0.1) is 10.2 Å². The van der Waals surface area contributed by atoms with Gasteiger partial charge in [-0.05, 0) is 25.1 Å². The predicted octanol–water partition coefficient (Wildman–Crippen LogP) is 5.00. The zero-order valence-electron chi connectivity index (χ0n) is 15.1. The van der Waals surface area contributed by atoms with E-state index in [-0.39, 0.29) is 5.69 Å². The summed E-state index contributed by atoms with van der Waals surface area (Å²) in [5.74, 6) is 1.47. The first-order valence-electron chi connectivity index (χ1n) is 8.73. The van der Waals surface area contributed by atoms with Crippen LogP contribution < -0.4 is 0 Å². The van der Waals surface area contributed by atoms with Gasteiger partial charge in [0.25, 0.3) is 5.69 Å². The van der Waals surface area contributed by atoms with Gasteiger partial charge in [-0.3, -0.25) is 10.1 Å². The van der Waals surface area contributed by atoms with E-state index in [9.17, 15) is 10.1 Å². The highest BCUT2D eigenvalue weighted by atomic mass is 32.1. The molecule has 0 fully saturated rings. The van der Waals surface area contributed by atoms with Crippen molar-refractivity contribution in [1.29, 1.82) is 0 Å². The SMILES string of the molecule is Cc1cccc(-c2nn3c(-c4ccc(-c5cccc([N+](=O)[O-])c5)o4)nnc3s2)c1. The number of furan rings is 1. The maximum absolute atomic E-state index is 11.0. The van der Waals surface area contributed by atoms with E-state index < -0.39 is 4.92 Å². The van der Waals surface area contributed by atoms with Gasteiger partial charge in [-0.2, -0.15) is 9.61 Å². The van der Waals surface area contributed by atoms with Gasteiger partial charge in [-0.1, -0.05) is 47.2 Å². The Kier molecular flexibility index (Phi) is 3.95. The minimum absolute atomic E-state index is 0.00705. The number of aryl methyl sites for hydroxylation is 1. The van der Waals surface area contributed by atoms with Crippen LogP contribution in [0.5, 0.6) is 0 Å². The van der Waals surface area contributed by atoms with Crippen LogP contribution in [0.1, 0.15) is 5.56 Å². The van der Waals surface area contributed by atoms with Crippen molar-refractivity contribution in [2.45, 2.75) is 6.92 Å². The number of aromatic nitrogens is 4. The van der Waals surface area contributed by atoms with Crippen LogP contribution in [0.3, 0.4) is 0 Å². The topological polar surface area (TPSA) is 99.4 Å². The average molecular weight is 403 g/mol. The molecular formula is C20H13N5O3S. The Morgan fingerprint density at radius 3 is 2.62 bits per heavy atom. The molecule has 0 saturated heterocycles. The van der Waals surface area contributed by atoms with Crippen LogP contribution in [0.25, 0.3) is 38.4 Å². The fourth-order valence-corrected chi connectivity index (χ4v) is 3.89. The summed E-state index contributed by atoms with van der Waals surface area (Å²) in [6, 6.07) is 17.9. The minimum atomic E-state index is -0.433. The summed E-state index contributed by atoms with van der Waals surface area (Å²) in [6.45, 7) is 2.04. The first-order valence-corrected chi connectivity index (χ1v) is 9.54. The van der Waals surface area contributed by atoms with Gasteiger partial charge in [0.2, 0.25) is 10.8 Å². The molecule has 0 spiro atoms. The third kappa shape index (κ3) is 3.07. The molecule has 3 aromatic heterocycles. The first-order chi connectivity index (χ1) is 14.1. The van der Waals surface area contributed by atoms with E-state index in [1.807, 2.05) is 25.1 Å². The third-order valence-corrected chi connectivity index (χ3v) is 5.37. The maximum Gasteiger partial charge on any atom is 0.270 e. The van der Waals surface area contributed by atoms with Crippen LogP contribution in [0, 0.1) is 17.0 Å². The van der Waals surface area contributed by atoms with E-state index in [0.717, 1.165) is 16.1 Å². The fraction of sp³-hybridized carbons (Fsp3) is 0.0500. The van der Waals surface area contributed by atoms with Crippen LogP contribution in [-0.4, -0.2) is 24.7 Å². The second-order valence-corrected chi connectivity index (χ2v) is 7.42. The summed E-state index contributed by atoms with van der Waals surface area (Å²) in [5.41, 5.74) is 2.79. The third-order valence-electron chi connectivity index (χ3n) is 4.42. The number of nitrogens with zero attached hydrogens (tertiary/aromatic N) is 5. The molecule has 0 atom stereocenters. The van der Waals surface area contributed by atoms with Crippen molar-refractivity contribution in [1.82, 2.24) is 19.8 Å². The van der Waals surface area contributed by atoms with Crippen LogP contribution in [-0.2, 0) is 0 Å². The normalized spacial score (nSPS) is 11.2. The molecule has 0 aliphatic rings. The number of non-ortho nitro benzene ring substituents is 1. The molecule has 0 amide bonds. The van der Waals surface area contributed by atoms with Gasteiger partial charge in [0.15, 0.2) is 5.76 Å². The van der Waals surface area contributed by atoms with Gasteiger partial charge in [0, 0.05) is 23.3 Å². The number of fused-ring (bicyclic) bond motifs is 1. The summed E-state index contributed by atoms with van der Waals surface area (Å²) < 4.78 is 7.56. The number of nitro benzene ring substituents is 1. The van der Waals surface area contributed by atoms with E-state index in [1.165, 1.54) is 23.5 Å². The average Bonchev–Trinajstić information content (AvgIpc) is 3.43. The van der Waals surface area contributed by atoms with Gasteiger partial charge in [0.1, 0.15) is 10.8 Å². The lowest BCUT2D eigenvalue weighted by Gasteiger charge is -1.98. The highest BCUT2D eigenvalue weighted by molar-refractivity contribution is 7.19. The van der Waals surface area contributed by atoms with Crippen molar-refractivity contribution in [3.05, 3.63) is 76.3 Å². The molecule has 0 aliphatic heterocycles. The lowest BCUT2D eigenvalue weighted by molar-refractivity contribution is -0.384. The zero-order chi connectivity index (χ0) is 20.0. The lowest BCUT2D eigenvalue weighted by Crippen LogP contribution is -1.90. The summed E-state index contributed by atoms with van der Waals surface area (Å²) >= 11 is 1.44. The van der Waals surface area contributed by atoms with Gasteiger partial charge >= 0.3 is 0 Å². The summed E-state index contributed by atoms with van der Waals surface area (Å²) in [5, 5.41) is 24.9. The summed E-state index contributed by atoms with van der Waals surface area (Å²) in [4.78, 5) is 11.2. The molecule has 0 radical (unpaired) electrons. The quantitative estimate of drug-likeness (QED) is 0.309. The maximum atomic E-state index is 11.0. The van der Waals surface area contributed by atoms with E-state index in [1.54, 1.807) is 28.8 Å². The Hall–Kier alpha value is -3.85. The Balaban J connectivity index is 1.54. The van der Waals surface area contributed by atoms with Crippen molar-refractivity contribution in [3.8, 4) is 33.5 Å². The highest BCUT2D eigenvalue weighted by Gasteiger charge is 2.18. The molecule has 0 bridgehead atoms. The molecule has 3 heterocycles. The molecule has 0 N–H and O–H groups in total. The molecule has 0 aliphatic carbocycles. The number of nitro groups is 1. The van der Waals surface area contributed by atoms with Crippen molar-refractivity contribution in [3.63, 3.8) is 0 Å². The number of rotatable bonds is 4. The van der Waals surface area contributed by atoms with Crippen molar-refractivity contribution in [2.24, 2.45) is 0 Å². The van der Waals surface area contributed by atoms with Crippen LogP contribution >= 0.6 is 11.3 Å². The van der Waals surface area contributed by atoms with Crippen molar-refractivity contribution < 1.29 is 9.34 Å². The van der Waals surface area contributed by atoms with E-state index in [2.05, 4.69) is 21.4 Å². The van der Waals surface area contributed by atoms with E-state index in [0.29, 0.717) is 27.9 Å².